The first-order valence-corrected chi connectivity index (χ1v) is 13.4. The van der Waals surface area contributed by atoms with Gasteiger partial charge in [-0.1, -0.05) is 103 Å². The van der Waals surface area contributed by atoms with Gasteiger partial charge < -0.3 is 20.2 Å². The minimum Gasteiger partial charge on any atom is -0.459 e. The number of furan rings is 1. The van der Waals surface area contributed by atoms with Crippen LogP contribution in [-0.2, 0) is 4.79 Å². The first-order chi connectivity index (χ1) is 16.1. The third-order valence-electron chi connectivity index (χ3n) is 6.18. The van der Waals surface area contributed by atoms with E-state index in [-0.39, 0.29) is 5.76 Å². The molecule has 0 aromatic carbocycles. The number of rotatable bonds is 21. The lowest BCUT2D eigenvalue weighted by molar-refractivity contribution is -0.130. The van der Waals surface area contributed by atoms with Gasteiger partial charge in [0.2, 0.25) is 0 Å². The van der Waals surface area contributed by atoms with Gasteiger partial charge in [-0.05, 0) is 25.5 Å². The molecule has 2 atom stereocenters. The van der Waals surface area contributed by atoms with Crippen molar-refractivity contribution in [3.63, 3.8) is 0 Å². The molecule has 0 spiro atoms. The normalized spacial score (nSPS) is 12.9. The highest BCUT2D eigenvalue weighted by Gasteiger charge is 2.24. The molecule has 0 aliphatic heterocycles. The van der Waals surface area contributed by atoms with Gasteiger partial charge in [0.1, 0.15) is 0 Å². The van der Waals surface area contributed by atoms with E-state index in [1.807, 2.05) is 0 Å². The van der Waals surface area contributed by atoms with Crippen LogP contribution in [0.1, 0.15) is 127 Å². The second-order valence-corrected chi connectivity index (χ2v) is 9.28. The van der Waals surface area contributed by atoms with Crippen LogP contribution in [0.5, 0.6) is 0 Å². The Balaban J connectivity index is 1.89. The highest BCUT2D eigenvalue weighted by molar-refractivity contribution is 5.92. The first-order valence-electron chi connectivity index (χ1n) is 13.4. The molecule has 2 amide bonds. The van der Waals surface area contributed by atoms with Crippen LogP contribution in [0.3, 0.4) is 0 Å². The number of aliphatic hydroxyl groups is 1. The summed E-state index contributed by atoms with van der Waals surface area (Å²) in [5.74, 6) is -0.747. The molecule has 1 aromatic rings. The minimum atomic E-state index is -1.29. The van der Waals surface area contributed by atoms with Crippen LogP contribution in [0.25, 0.3) is 0 Å². The minimum absolute atomic E-state index is 0.155. The third kappa shape index (κ3) is 14.8. The summed E-state index contributed by atoms with van der Waals surface area (Å²) in [5, 5.41) is 15.4. The van der Waals surface area contributed by atoms with E-state index in [1.54, 1.807) is 13.0 Å². The van der Waals surface area contributed by atoms with E-state index in [0.29, 0.717) is 6.54 Å². The van der Waals surface area contributed by atoms with E-state index < -0.39 is 24.0 Å². The molecule has 1 aromatic heterocycles. The summed E-state index contributed by atoms with van der Waals surface area (Å²) in [6.45, 7) is 4.41. The SMILES string of the molecule is CCCCCCCCCCCCCCCCCCNC(=O)[C@H](O)[C@H](C)NC(=O)c1ccco1. The first kappa shape index (κ1) is 29.2. The summed E-state index contributed by atoms with van der Waals surface area (Å²) in [5.41, 5.74) is 0. The van der Waals surface area contributed by atoms with E-state index >= 15 is 0 Å². The fraction of sp³-hybridized carbons (Fsp3) is 0.778. The molecular formula is C27H48N2O4. The summed E-state index contributed by atoms with van der Waals surface area (Å²) < 4.78 is 5.01. The maximum atomic E-state index is 12.1. The van der Waals surface area contributed by atoms with E-state index in [4.69, 9.17) is 4.42 Å². The van der Waals surface area contributed by atoms with Gasteiger partial charge in [-0.15, -0.1) is 0 Å². The Bertz CT molecular complexity index is 603. The molecule has 0 bridgehead atoms. The van der Waals surface area contributed by atoms with E-state index in [0.717, 1.165) is 12.8 Å². The monoisotopic (exact) mass is 464 g/mol. The van der Waals surface area contributed by atoms with Crippen molar-refractivity contribution in [2.45, 2.75) is 129 Å². The average molecular weight is 465 g/mol. The van der Waals surface area contributed by atoms with Crippen LogP contribution in [0.2, 0.25) is 0 Å². The number of carbonyl (C=O) groups excluding carboxylic acids is 2. The van der Waals surface area contributed by atoms with Crippen LogP contribution in [0.15, 0.2) is 22.8 Å². The summed E-state index contributed by atoms with van der Waals surface area (Å²) >= 11 is 0. The Labute approximate surface area is 201 Å². The quantitative estimate of drug-likeness (QED) is 0.191. The summed E-state index contributed by atoms with van der Waals surface area (Å²) in [7, 11) is 0. The smallest absolute Gasteiger partial charge is 0.287 e. The Kier molecular flexibility index (Phi) is 17.4. The number of nitrogens with one attached hydrogen (secondary N) is 2. The van der Waals surface area contributed by atoms with Crippen molar-refractivity contribution in [1.29, 1.82) is 0 Å². The Hall–Kier alpha value is -1.82. The Morgan fingerprint density at radius 2 is 1.33 bits per heavy atom. The molecule has 3 N–H and O–H groups in total. The third-order valence-corrected chi connectivity index (χ3v) is 6.18. The molecule has 1 rings (SSSR count). The zero-order valence-electron chi connectivity index (χ0n) is 21.1. The van der Waals surface area contributed by atoms with Gasteiger partial charge in [0.05, 0.1) is 12.3 Å². The number of unbranched alkanes of at least 4 members (excludes halogenated alkanes) is 15. The van der Waals surface area contributed by atoms with Gasteiger partial charge in [0, 0.05) is 6.54 Å². The molecule has 0 fully saturated rings. The van der Waals surface area contributed by atoms with Crippen LogP contribution in [0.4, 0.5) is 0 Å². The van der Waals surface area contributed by atoms with Crippen molar-refractivity contribution in [1.82, 2.24) is 10.6 Å². The second-order valence-electron chi connectivity index (χ2n) is 9.28. The molecule has 33 heavy (non-hydrogen) atoms. The average Bonchev–Trinajstić information content (AvgIpc) is 3.35. The molecule has 0 saturated heterocycles. The fourth-order valence-electron chi connectivity index (χ4n) is 3.98. The summed E-state index contributed by atoms with van der Waals surface area (Å²) in [6.07, 6.45) is 21.1. The predicted molar refractivity (Wildman–Crippen MR) is 134 cm³/mol. The lowest BCUT2D eigenvalue weighted by Gasteiger charge is -2.19. The van der Waals surface area contributed by atoms with Gasteiger partial charge >= 0.3 is 0 Å². The van der Waals surface area contributed by atoms with Crippen molar-refractivity contribution >= 4 is 11.8 Å². The highest BCUT2D eigenvalue weighted by atomic mass is 16.3. The lowest BCUT2D eigenvalue weighted by atomic mass is 10.0. The van der Waals surface area contributed by atoms with Crippen LogP contribution >= 0.6 is 0 Å². The Morgan fingerprint density at radius 3 is 1.79 bits per heavy atom. The molecule has 190 valence electrons. The van der Waals surface area contributed by atoms with Gasteiger partial charge in [0.25, 0.3) is 11.8 Å². The number of carbonyl (C=O) groups is 2. The second kappa shape index (κ2) is 19.6. The van der Waals surface area contributed by atoms with Crippen LogP contribution in [-0.4, -0.2) is 35.6 Å². The number of hydrogen-bond donors (Lipinski definition) is 3. The zero-order valence-corrected chi connectivity index (χ0v) is 21.1. The van der Waals surface area contributed by atoms with Crippen molar-refractivity contribution < 1.29 is 19.1 Å². The maximum Gasteiger partial charge on any atom is 0.287 e. The lowest BCUT2D eigenvalue weighted by Crippen LogP contribution is -2.49. The number of hydrogen-bond acceptors (Lipinski definition) is 4. The molecule has 0 saturated carbocycles. The standard InChI is InChI=1S/C27H48N2O4/c1-3-4-5-6-7-8-9-10-11-12-13-14-15-16-17-18-21-28-27(32)25(30)23(2)29-26(31)24-20-19-22-33-24/h19-20,22-23,25,30H,3-18,21H2,1-2H3,(H,28,32)(H,29,31)/t23-,25+/m0/s1. The number of aliphatic hydroxyl groups excluding tert-OH is 1. The van der Waals surface area contributed by atoms with Crippen molar-refractivity contribution in [3.8, 4) is 0 Å². The molecule has 1 heterocycles. The van der Waals surface area contributed by atoms with Gasteiger partial charge in [-0.3, -0.25) is 9.59 Å². The predicted octanol–water partition coefficient (Wildman–Crippen LogP) is 6.14. The number of amides is 2. The van der Waals surface area contributed by atoms with Gasteiger partial charge in [-0.2, -0.15) is 0 Å². The molecule has 0 aliphatic rings. The molecule has 0 aliphatic carbocycles. The van der Waals surface area contributed by atoms with Crippen LogP contribution < -0.4 is 10.6 Å². The largest absolute Gasteiger partial charge is 0.459 e. The maximum absolute atomic E-state index is 12.1. The molecule has 6 nitrogen and oxygen atoms in total. The topological polar surface area (TPSA) is 91.6 Å². The molecule has 0 radical (unpaired) electrons. The van der Waals surface area contributed by atoms with Gasteiger partial charge in [0.15, 0.2) is 11.9 Å². The van der Waals surface area contributed by atoms with E-state index in [2.05, 4.69) is 17.6 Å². The van der Waals surface area contributed by atoms with Crippen molar-refractivity contribution in [2.75, 3.05) is 6.54 Å². The zero-order chi connectivity index (χ0) is 24.2. The van der Waals surface area contributed by atoms with Crippen LogP contribution in [0, 0.1) is 0 Å². The fourth-order valence-corrected chi connectivity index (χ4v) is 3.98. The van der Waals surface area contributed by atoms with Gasteiger partial charge in [-0.25, -0.2) is 0 Å². The van der Waals surface area contributed by atoms with E-state index in [9.17, 15) is 14.7 Å². The molecule has 6 heteroatoms. The van der Waals surface area contributed by atoms with E-state index in [1.165, 1.54) is 102 Å². The van der Waals surface area contributed by atoms with Crippen molar-refractivity contribution in [3.05, 3.63) is 24.2 Å². The highest BCUT2D eigenvalue weighted by Crippen LogP contribution is 2.13. The molecule has 0 unspecified atom stereocenters. The summed E-state index contributed by atoms with van der Waals surface area (Å²) in [4.78, 5) is 24.0. The molecular weight excluding hydrogens is 416 g/mol. The summed E-state index contributed by atoms with van der Waals surface area (Å²) in [6, 6.07) is 2.44. The Morgan fingerprint density at radius 1 is 0.848 bits per heavy atom. The van der Waals surface area contributed by atoms with Crippen molar-refractivity contribution in [2.24, 2.45) is 0 Å².